The van der Waals surface area contributed by atoms with Crippen molar-refractivity contribution in [3.63, 3.8) is 0 Å². The molecule has 3 aromatic rings. The van der Waals surface area contributed by atoms with Crippen molar-refractivity contribution in [2.24, 2.45) is 0 Å². The molecule has 1 N–H and O–H groups in total. The van der Waals surface area contributed by atoms with Crippen molar-refractivity contribution in [2.45, 2.75) is 31.5 Å². The monoisotopic (exact) mass is 437 g/mol. The van der Waals surface area contributed by atoms with Crippen molar-refractivity contribution in [3.05, 3.63) is 72.6 Å². The maximum absolute atomic E-state index is 11.1. The van der Waals surface area contributed by atoms with Crippen LogP contribution in [0.1, 0.15) is 18.4 Å². The van der Waals surface area contributed by atoms with Crippen LogP contribution < -0.4 is 14.2 Å². The van der Waals surface area contributed by atoms with Gasteiger partial charge in [0.1, 0.15) is 24.6 Å². The molecule has 1 aliphatic rings. The Balaban J connectivity index is 1.32. The van der Waals surface area contributed by atoms with Crippen LogP contribution in [0.25, 0.3) is 0 Å². The van der Waals surface area contributed by atoms with E-state index < -0.39 is 5.60 Å². The predicted octanol–water partition coefficient (Wildman–Crippen LogP) is 3.38. The summed E-state index contributed by atoms with van der Waals surface area (Å²) in [6.07, 6.45) is 5.34. The largest absolute Gasteiger partial charge is 0.493 e. The number of β-amino-alcohol motifs (C(OH)–C–C–N with tert-alkyl or cyclic N) is 1. The van der Waals surface area contributed by atoms with E-state index in [1.165, 1.54) is 0 Å². The summed E-state index contributed by atoms with van der Waals surface area (Å²) < 4.78 is 19.1. The van der Waals surface area contributed by atoms with Crippen LogP contribution in [0.5, 0.6) is 17.2 Å². The van der Waals surface area contributed by atoms with Crippen molar-refractivity contribution in [3.8, 4) is 17.2 Å². The van der Waals surface area contributed by atoms with E-state index in [0.29, 0.717) is 32.1 Å². The van der Waals surface area contributed by atoms with Gasteiger partial charge in [-0.25, -0.2) is 0 Å². The molecule has 2 aromatic carbocycles. The second-order valence-corrected chi connectivity index (χ2v) is 8.24. The molecule has 7 heteroatoms. The Morgan fingerprint density at radius 2 is 1.94 bits per heavy atom. The molecule has 2 heterocycles. The van der Waals surface area contributed by atoms with E-state index in [4.69, 9.17) is 14.2 Å². The zero-order chi connectivity index (χ0) is 22.2. The quantitative estimate of drug-likeness (QED) is 0.525. The first-order chi connectivity index (χ1) is 15.6. The number of aromatic nitrogens is 2. The summed E-state index contributed by atoms with van der Waals surface area (Å²) >= 11 is 0. The molecule has 170 valence electrons. The Bertz CT molecular complexity index is 965. The van der Waals surface area contributed by atoms with E-state index in [1.807, 2.05) is 59.4 Å². The molecule has 1 aromatic heterocycles. The zero-order valence-corrected chi connectivity index (χ0v) is 18.5. The van der Waals surface area contributed by atoms with Crippen LogP contribution in [-0.4, -0.2) is 58.8 Å². The normalized spacial score (nSPS) is 18.9. The molecular weight excluding hydrogens is 406 g/mol. The lowest BCUT2D eigenvalue weighted by molar-refractivity contribution is -0.0621. The molecule has 7 nitrogen and oxygen atoms in total. The summed E-state index contributed by atoms with van der Waals surface area (Å²) in [5.41, 5.74) is 0.266. The zero-order valence-electron chi connectivity index (χ0n) is 18.5. The van der Waals surface area contributed by atoms with E-state index >= 15 is 0 Å². The van der Waals surface area contributed by atoms with Crippen LogP contribution in [0.4, 0.5) is 0 Å². The van der Waals surface area contributed by atoms with Gasteiger partial charge >= 0.3 is 0 Å². The summed E-state index contributed by atoms with van der Waals surface area (Å²) in [6, 6.07) is 17.6. The number of nitrogens with zero attached hydrogens (tertiary/aromatic N) is 3. The van der Waals surface area contributed by atoms with Crippen LogP contribution in [0.15, 0.2) is 67.0 Å². The maximum Gasteiger partial charge on any atom is 0.161 e. The highest BCUT2D eigenvalue weighted by Crippen LogP contribution is 2.30. The first kappa shape index (κ1) is 22.2. The molecule has 32 heavy (non-hydrogen) atoms. The van der Waals surface area contributed by atoms with Crippen LogP contribution in [0.3, 0.4) is 0 Å². The van der Waals surface area contributed by atoms with Crippen LogP contribution in [0.2, 0.25) is 0 Å². The molecule has 0 unspecified atom stereocenters. The van der Waals surface area contributed by atoms with Gasteiger partial charge in [-0.2, -0.15) is 5.10 Å². The average molecular weight is 438 g/mol. The van der Waals surface area contributed by atoms with Crippen molar-refractivity contribution in [1.29, 1.82) is 0 Å². The molecule has 4 rings (SSSR count). The summed E-state index contributed by atoms with van der Waals surface area (Å²) in [4.78, 5) is 2.27. The van der Waals surface area contributed by atoms with Gasteiger partial charge in [-0.3, -0.25) is 9.58 Å². The third-order valence-electron chi connectivity index (χ3n) is 5.66. The molecule has 0 saturated carbocycles. The van der Waals surface area contributed by atoms with Gasteiger partial charge in [0, 0.05) is 25.5 Å². The molecule has 1 fully saturated rings. The Morgan fingerprint density at radius 1 is 1.06 bits per heavy atom. The van der Waals surface area contributed by atoms with Crippen LogP contribution in [-0.2, 0) is 13.1 Å². The number of para-hydroxylation sites is 1. The number of likely N-dealkylation sites (tertiary alicyclic amines) is 1. The smallest absolute Gasteiger partial charge is 0.161 e. The third-order valence-corrected chi connectivity index (χ3v) is 5.66. The second-order valence-electron chi connectivity index (χ2n) is 8.24. The third kappa shape index (κ3) is 6.02. The summed E-state index contributed by atoms with van der Waals surface area (Å²) in [5.74, 6) is 2.21. The van der Waals surface area contributed by atoms with Gasteiger partial charge in [-0.1, -0.05) is 24.3 Å². The molecule has 0 spiro atoms. The van der Waals surface area contributed by atoms with Gasteiger partial charge in [-0.15, -0.1) is 0 Å². The average Bonchev–Trinajstić information content (AvgIpc) is 3.33. The molecule has 0 aliphatic carbocycles. The number of aliphatic hydroxyl groups is 1. The van der Waals surface area contributed by atoms with Crippen molar-refractivity contribution in [1.82, 2.24) is 14.7 Å². The number of piperidine rings is 1. The fourth-order valence-corrected chi connectivity index (χ4v) is 4.06. The standard InChI is InChI=1S/C25H31N3O4/c1-30-24-17-21(9-10-23(24)31-16-15-28-14-6-12-26-28)18-27-13-5-11-25(29,19-27)20-32-22-7-3-2-4-8-22/h2-4,6-10,12,14,17,29H,5,11,13,15-16,18-20H2,1H3/t25-/m0/s1. The Hall–Kier alpha value is -3.03. The molecule has 1 atom stereocenters. The summed E-state index contributed by atoms with van der Waals surface area (Å²) in [6.45, 7) is 3.73. The topological polar surface area (TPSA) is 69.0 Å². The Labute approximate surface area is 189 Å². The molecular formula is C25H31N3O4. The summed E-state index contributed by atoms with van der Waals surface area (Å²) in [5, 5.41) is 15.3. The lowest BCUT2D eigenvalue weighted by atomic mass is 9.93. The van der Waals surface area contributed by atoms with Crippen molar-refractivity contribution < 1.29 is 19.3 Å². The molecule has 1 aliphatic heterocycles. The van der Waals surface area contributed by atoms with Gasteiger partial charge in [0.2, 0.25) is 0 Å². The minimum atomic E-state index is -0.853. The second kappa shape index (κ2) is 10.5. The fourth-order valence-electron chi connectivity index (χ4n) is 4.06. The van der Waals surface area contributed by atoms with Gasteiger partial charge in [0.15, 0.2) is 11.5 Å². The number of rotatable bonds is 10. The van der Waals surface area contributed by atoms with Crippen LogP contribution >= 0.6 is 0 Å². The lowest BCUT2D eigenvalue weighted by Crippen LogP contribution is -2.51. The first-order valence-electron chi connectivity index (χ1n) is 11.0. The number of hydrogen-bond acceptors (Lipinski definition) is 6. The fraction of sp³-hybridized carbons (Fsp3) is 0.400. The minimum absolute atomic E-state index is 0.292. The van der Waals surface area contributed by atoms with E-state index in [-0.39, 0.29) is 0 Å². The molecule has 1 saturated heterocycles. The van der Waals surface area contributed by atoms with E-state index in [9.17, 15) is 5.11 Å². The van der Waals surface area contributed by atoms with Gasteiger partial charge in [0.05, 0.1) is 13.7 Å². The van der Waals surface area contributed by atoms with E-state index in [2.05, 4.69) is 16.1 Å². The van der Waals surface area contributed by atoms with Gasteiger partial charge in [0.25, 0.3) is 0 Å². The van der Waals surface area contributed by atoms with E-state index in [1.54, 1.807) is 13.3 Å². The SMILES string of the molecule is COc1cc(CN2CCC[C@@](O)(COc3ccccc3)C2)ccc1OCCn1cccn1. The number of hydrogen-bond donors (Lipinski definition) is 1. The Morgan fingerprint density at radius 3 is 2.72 bits per heavy atom. The highest BCUT2D eigenvalue weighted by atomic mass is 16.5. The van der Waals surface area contributed by atoms with Gasteiger partial charge < -0.3 is 19.3 Å². The molecule has 0 radical (unpaired) electrons. The van der Waals surface area contributed by atoms with E-state index in [0.717, 1.165) is 43.0 Å². The van der Waals surface area contributed by atoms with Gasteiger partial charge in [-0.05, 0) is 55.3 Å². The first-order valence-corrected chi connectivity index (χ1v) is 11.0. The number of ether oxygens (including phenoxy) is 3. The van der Waals surface area contributed by atoms with Crippen molar-refractivity contribution in [2.75, 3.05) is 33.4 Å². The minimum Gasteiger partial charge on any atom is -0.493 e. The molecule has 0 bridgehead atoms. The highest BCUT2D eigenvalue weighted by molar-refractivity contribution is 5.43. The predicted molar refractivity (Wildman–Crippen MR) is 122 cm³/mol. The number of methoxy groups -OCH3 is 1. The lowest BCUT2D eigenvalue weighted by Gasteiger charge is -2.39. The summed E-state index contributed by atoms with van der Waals surface area (Å²) in [7, 11) is 1.65. The maximum atomic E-state index is 11.1. The highest BCUT2D eigenvalue weighted by Gasteiger charge is 2.34. The van der Waals surface area contributed by atoms with Crippen LogP contribution in [0, 0.1) is 0 Å². The van der Waals surface area contributed by atoms with Crippen molar-refractivity contribution >= 4 is 0 Å². The molecule has 0 amide bonds. The Kier molecular flexibility index (Phi) is 7.29. The number of benzene rings is 2.